The maximum atomic E-state index is 12.9. The van der Waals surface area contributed by atoms with Gasteiger partial charge in [-0.05, 0) is 158 Å². The molecule has 4 heterocycles. The molecule has 0 radical (unpaired) electrons. The lowest BCUT2D eigenvalue weighted by atomic mass is 9.88. The fraction of sp³-hybridized carbons (Fsp3) is 0.373. The van der Waals surface area contributed by atoms with Gasteiger partial charge in [0.05, 0.1) is 30.4 Å². The van der Waals surface area contributed by atoms with E-state index >= 15 is 0 Å². The predicted molar refractivity (Wildman–Crippen MR) is 391 cm³/mol. The second kappa shape index (κ2) is 45.8. The average molecular weight is 1360 g/mol. The van der Waals surface area contributed by atoms with Crippen LogP contribution in [-0.2, 0) is 99.5 Å². The number of ketones is 3. The highest BCUT2D eigenvalue weighted by Gasteiger charge is 2.48. The van der Waals surface area contributed by atoms with Crippen LogP contribution in [0.3, 0.4) is 0 Å². The molecule has 1 saturated heterocycles. The number of aliphatic carboxylic acids is 2. The molecule has 100 heavy (non-hydrogen) atoms. The molecule has 1 aliphatic rings. The number of carbonyl (C=O) groups excluding carboxylic acids is 5. The molecule has 8 aromatic rings. The lowest BCUT2D eigenvalue weighted by molar-refractivity contribution is -0.151. The van der Waals surface area contributed by atoms with Gasteiger partial charge in [-0.2, -0.15) is 0 Å². The molecular weight excluding hydrogens is 1260 g/mol. The molecule has 532 valence electrons. The number of hydrogen-bond donors (Lipinski definition) is 4. The molecule has 8 atom stereocenters. The summed E-state index contributed by atoms with van der Waals surface area (Å²) in [7, 11) is 0. The van der Waals surface area contributed by atoms with Gasteiger partial charge in [-0.15, -0.1) is 0 Å². The quantitative estimate of drug-likeness (QED) is 0.0220. The van der Waals surface area contributed by atoms with Crippen LogP contribution in [0.5, 0.6) is 0 Å². The first-order valence-electron chi connectivity index (χ1n) is 34.0. The number of aryl methyl sites for hydroxylation is 3. The van der Waals surface area contributed by atoms with Crippen LogP contribution in [0.2, 0.25) is 0 Å². The Bertz CT molecular complexity index is 3610. The Morgan fingerprint density at radius 2 is 0.750 bits per heavy atom. The summed E-state index contributed by atoms with van der Waals surface area (Å²) in [6.45, 7) is 12.5. The second-order valence-corrected chi connectivity index (χ2v) is 25.8. The summed E-state index contributed by atoms with van der Waals surface area (Å²) in [5, 5.41) is 18.1. The number of carboxylic acid groups (broad SMARTS) is 2. The van der Waals surface area contributed by atoms with Gasteiger partial charge in [-0.3, -0.25) is 48.5 Å². The molecule has 1 fully saturated rings. The number of ether oxygens (including phenoxy) is 3. The van der Waals surface area contributed by atoms with Crippen molar-refractivity contribution in [2.24, 2.45) is 47.0 Å². The van der Waals surface area contributed by atoms with Crippen molar-refractivity contribution in [3.63, 3.8) is 0 Å². The molecule has 0 aliphatic carbocycles. The summed E-state index contributed by atoms with van der Waals surface area (Å²) < 4.78 is 15.8. The van der Waals surface area contributed by atoms with E-state index in [9.17, 15) is 38.7 Å². The molecule has 17 nitrogen and oxygen atoms in total. The third-order valence-corrected chi connectivity index (χ3v) is 16.8. The molecule has 0 bridgehead atoms. The molecule has 0 spiro atoms. The fourth-order valence-corrected chi connectivity index (χ4v) is 10.3. The number of carboxylic acids is 2. The largest absolute Gasteiger partial charge is 0.481 e. The SMILES string of the molecule is C.CC(C)C[C@H](N)C(=O)[C@@]1(C)CO1.C[C@@H](CCc1ccccc1)C(=O)C[C@@H](Cc1ccncc1)C(=O)O.C[C@@H](CCc1ccccc1)C(=O)C[C@@H](Cc1ccncc1)C(=O)OCc1ccccc1.C[C@@H](CCc1ccccc1)C(=O)O.N[C@@H](Cc1ccncc1)C(=O)OCc1ccccc1. The van der Waals surface area contributed by atoms with Gasteiger partial charge in [0.25, 0.3) is 0 Å². The molecular formula is C83H103N5O12. The Hall–Kier alpha value is -9.68. The van der Waals surface area contributed by atoms with E-state index in [1.807, 2.05) is 178 Å². The van der Waals surface area contributed by atoms with Gasteiger partial charge < -0.3 is 35.9 Å². The number of esters is 2. The second-order valence-electron chi connectivity index (χ2n) is 25.8. The van der Waals surface area contributed by atoms with Gasteiger partial charge in [0.15, 0.2) is 5.78 Å². The van der Waals surface area contributed by atoms with Crippen molar-refractivity contribution in [1.29, 1.82) is 0 Å². The fourth-order valence-electron chi connectivity index (χ4n) is 10.3. The molecule has 9 rings (SSSR count). The van der Waals surface area contributed by atoms with Crippen LogP contribution in [0, 0.1) is 35.5 Å². The lowest BCUT2D eigenvalue weighted by Gasteiger charge is -2.18. The zero-order chi connectivity index (χ0) is 71.8. The summed E-state index contributed by atoms with van der Waals surface area (Å²) in [5.74, 6) is -3.39. The van der Waals surface area contributed by atoms with E-state index in [-0.39, 0.29) is 86.6 Å². The standard InChI is InChI=1S/C27H29NO3.C20H23NO3.C15H16N2O2.C11H14O2.C9H17NO2.CH4/c1-21(12-13-22-8-4-2-5-9-22)26(29)19-25(18-23-14-16-28-17-15-23)27(30)31-20-24-10-6-3-7-11-24;1-15(7-8-16-5-3-2-4-6-16)19(22)14-18(20(23)24)13-17-9-11-21-12-10-17;16-14(10-12-6-8-17-9-7-12)15(18)19-11-13-4-2-1-3-5-13;1-9(11(12)13)7-8-10-5-3-2-4-6-10;1-6(2)4-7(10)8(11)9(3)5-12-9;/h2-11,14-17,21,25H,12-13,18-20H2,1H3;2-6,9-12,15,18H,7-8,13-14H2,1H3,(H,23,24);1-9,14H,10-11,16H2;2-6,9H,7-8H2,1H3,(H,12,13);6-7H,4-5,10H2,1-3H3;1H4/t21-,25+;15-,18+;14-;9-;7-,9+;/m00000./s1. The summed E-state index contributed by atoms with van der Waals surface area (Å²) >= 11 is 0. The van der Waals surface area contributed by atoms with E-state index < -0.39 is 35.4 Å². The number of aromatic nitrogens is 3. The van der Waals surface area contributed by atoms with Gasteiger partial charge in [0.2, 0.25) is 0 Å². The topological polar surface area (TPSA) is 282 Å². The highest BCUT2D eigenvalue weighted by molar-refractivity contribution is 5.93. The third kappa shape index (κ3) is 33.2. The number of carbonyl (C=O) groups is 7. The number of benzene rings is 5. The molecule has 5 aromatic carbocycles. The van der Waals surface area contributed by atoms with Crippen molar-refractivity contribution in [2.45, 2.75) is 157 Å². The van der Waals surface area contributed by atoms with Crippen LogP contribution in [0.25, 0.3) is 0 Å². The number of Topliss-reactive ketones (excluding diaryl/α,β-unsaturated/α-hetero) is 3. The molecule has 17 heteroatoms. The highest BCUT2D eigenvalue weighted by Crippen LogP contribution is 2.29. The Balaban J connectivity index is 0.000000276. The van der Waals surface area contributed by atoms with Crippen molar-refractivity contribution in [3.8, 4) is 0 Å². The van der Waals surface area contributed by atoms with E-state index in [1.165, 1.54) is 16.7 Å². The van der Waals surface area contributed by atoms with Crippen LogP contribution in [0.15, 0.2) is 225 Å². The van der Waals surface area contributed by atoms with Crippen molar-refractivity contribution in [2.75, 3.05) is 6.61 Å². The smallest absolute Gasteiger partial charge is 0.323 e. The molecule has 1 aliphatic heterocycles. The lowest BCUT2D eigenvalue weighted by Crippen LogP contribution is -2.40. The summed E-state index contributed by atoms with van der Waals surface area (Å²) in [6.07, 6.45) is 17.1. The van der Waals surface area contributed by atoms with Crippen molar-refractivity contribution < 1.29 is 58.0 Å². The third-order valence-electron chi connectivity index (χ3n) is 16.8. The van der Waals surface area contributed by atoms with Crippen LogP contribution >= 0.6 is 0 Å². The number of hydrogen-bond acceptors (Lipinski definition) is 15. The molecule has 0 saturated carbocycles. The number of nitrogens with two attached hydrogens (primary N) is 2. The van der Waals surface area contributed by atoms with Crippen LogP contribution in [-0.4, -0.2) is 90.7 Å². The van der Waals surface area contributed by atoms with Crippen LogP contribution < -0.4 is 11.5 Å². The predicted octanol–water partition coefficient (Wildman–Crippen LogP) is 14.2. The van der Waals surface area contributed by atoms with Gasteiger partial charge in [-0.1, -0.05) is 194 Å². The van der Waals surface area contributed by atoms with Crippen molar-refractivity contribution in [1.82, 2.24) is 15.0 Å². The Morgan fingerprint density at radius 3 is 1.09 bits per heavy atom. The minimum atomic E-state index is -0.921. The first-order valence-corrected chi connectivity index (χ1v) is 34.0. The number of nitrogens with zero attached hydrogens (tertiary/aromatic N) is 3. The number of rotatable bonds is 33. The van der Waals surface area contributed by atoms with Gasteiger partial charge >= 0.3 is 23.9 Å². The minimum absolute atomic E-state index is 0. The molecule has 0 unspecified atom stereocenters. The Morgan fingerprint density at radius 1 is 0.430 bits per heavy atom. The number of pyridine rings is 3. The van der Waals surface area contributed by atoms with E-state index in [1.54, 1.807) is 63.2 Å². The van der Waals surface area contributed by atoms with Gasteiger partial charge in [-0.25, -0.2) is 0 Å². The Labute approximate surface area is 591 Å². The number of epoxide rings is 1. The first-order chi connectivity index (χ1) is 47.6. The normalized spacial score (nSPS) is 14.6. The van der Waals surface area contributed by atoms with Crippen LogP contribution in [0.1, 0.15) is 132 Å². The van der Waals surface area contributed by atoms with E-state index in [0.717, 1.165) is 66.3 Å². The molecule has 6 N–H and O–H groups in total. The minimum Gasteiger partial charge on any atom is -0.481 e. The maximum absolute atomic E-state index is 12.9. The summed E-state index contributed by atoms with van der Waals surface area (Å²) in [4.78, 5) is 95.3. The molecule has 3 aromatic heterocycles. The maximum Gasteiger partial charge on any atom is 0.323 e. The molecule has 0 amide bonds. The summed E-state index contributed by atoms with van der Waals surface area (Å²) in [6, 6.07) is 59.3. The van der Waals surface area contributed by atoms with Crippen LogP contribution in [0.4, 0.5) is 0 Å². The highest BCUT2D eigenvalue weighted by atomic mass is 16.6. The van der Waals surface area contributed by atoms with Gasteiger partial charge in [0, 0.05) is 61.9 Å². The van der Waals surface area contributed by atoms with Gasteiger partial charge in [0.1, 0.15) is 36.4 Å². The van der Waals surface area contributed by atoms with E-state index in [0.29, 0.717) is 38.2 Å². The summed E-state index contributed by atoms with van der Waals surface area (Å²) in [5.41, 5.74) is 19.3. The van der Waals surface area contributed by atoms with Crippen molar-refractivity contribution >= 4 is 41.2 Å². The van der Waals surface area contributed by atoms with E-state index in [4.69, 9.17) is 30.8 Å². The van der Waals surface area contributed by atoms with Crippen molar-refractivity contribution in [3.05, 3.63) is 270 Å². The Kier molecular flexibility index (Phi) is 37.9. The zero-order valence-electron chi connectivity index (χ0n) is 58.1. The monoisotopic (exact) mass is 1360 g/mol. The first kappa shape index (κ1) is 82.7. The zero-order valence-corrected chi connectivity index (χ0v) is 58.1. The van der Waals surface area contributed by atoms with E-state index in [2.05, 4.69) is 40.9 Å². The average Bonchev–Trinajstić information content (AvgIpc) is 1.65.